The Balaban J connectivity index is 1.18. The van der Waals surface area contributed by atoms with Gasteiger partial charge in [-0.1, -0.05) is 146 Å². The van der Waals surface area contributed by atoms with Crippen LogP contribution < -0.4 is 0 Å². The normalized spacial score (nSPS) is 13.1. The quantitative estimate of drug-likeness (QED) is 0.175. The van der Waals surface area contributed by atoms with Crippen LogP contribution in [0, 0.1) is 0 Å². The zero-order valence-electron chi connectivity index (χ0n) is 28.7. The Morgan fingerprint density at radius 2 is 1.09 bits per heavy atom. The number of aromatic nitrogens is 3. The molecule has 1 aliphatic rings. The first-order chi connectivity index (χ1) is 26.3. The number of pyridine rings is 3. The summed E-state index contributed by atoms with van der Waals surface area (Å²) < 4.78 is 0. The predicted molar refractivity (Wildman–Crippen MR) is 218 cm³/mol. The number of para-hydroxylation sites is 1. The fraction of sp³-hybridized carbons (Fsp3) is 0.0200. The SMILES string of the molecule is c1ccc(C2(c3ccccc3)c3ccccc3-c3cc4c(-c5cccc(-c6ccc7ccc8cccnc8c7n6)c5)nc5ccccc5c4cc32)cc1. The highest BCUT2D eigenvalue weighted by molar-refractivity contribution is 6.13. The molecule has 0 unspecified atom stereocenters. The third-order valence-electron chi connectivity index (χ3n) is 11.1. The number of benzene rings is 7. The van der Waals surface area contributed by atoms with E-state index in [1.54, 1.807) is 0 Å². The summed E-state index contributed by atoms with van der Waals surface area (Å²) in [6.45, 7) is 0. The lowest BCUT2D eigenvalue weighted by molar-refractivity contribution is 0.769. The van der Waals surface area contributed by atoms with Crippen molar-refractivity contribution in [2.45, 2.75) is 5.41 Å². The van der Waals surface area contributed by atoms with Crippen LogP contribution in [-0.2, 0) is 5.41 Å². The third kappa shape index (κ3) is 4.38. The highest BCUT2D eigenvalue weighted by Crippen LogP contribution is 2.57. The molecule has 1 aliphatic carbocycles. The van der Waals surface area contributed by atoms with Crippen LogP contribution in [0.25, 0.3) is 77.1 Å². The van der Waals surface area contributed by atoms with Gasteiger partial charge in [-0.25, -0.2) is 9.97 Å². The summed E-state index contributed by atoms with van der Waals surface area (Å²) in [5.41, 5.74) is 13.9. The summed E-state index contributed by atoms with van der Waals surface area (Å²) >= 11 is 0. The molecule has 0 bridgehead atoms. The lowest BCUT2D eigenvalue weighted by Gasteiger charge is -2.34. The van der Waals surface area contributed by atoms with Crippen molar-refractivity contribution < 1.29 is 0 Å². The Morgan fingerprint density at radius 1 is 0.396 bits per heavy atom. The fourth-order valence-electron chi connectivity index (χ4n) is 8.82. The van der Waals surface area contributed by atoms with Crippen molar-refractivity contribution in [2.75, 3.05) is 0 Å². The Hall–Kier alpha value is -6.97. The van der Waals surface area contributed by atoms with E-state index in [0.29, 0.717) is 0 Å². The average molecular weight is 674 g/mol. The Kier molecular flexibility index (Phi) is 6.47. The maximum Gasteiger partial charge on any atom is 0.0972 e. The van der Waals surface area contributed by atoms with Crippen LogP contribution in [0.5, 0.6) is 0 Å². The van der Waals surface area contributed by atoms with E-state index < -0.39 is 5.41 Å². The van der Waals surface area contributed by atoms with Crippen molar-refractivity contribution in [3.05, 3.63) is 210 Å². The van der Waals surface area contributed by atoms with Gasteiger partial charge < -0.3 is 0 Å². The molecule has 0 aliphatic heterocycles. The largest absolute Gasteiger partial charge is 0.254 e. The highest BCUT2D eigenvalue weighted by atomic mass is 14.8. The molecule has 0 saturated carbocycles. The van der Waals surface area contributed by atoms with Crippen LogP contribution in [0.1, 0.15) is 22.3 Å². The van der Waals surface area contributed by atoms with Crippen LogP contribution in [-0.4, -0.2) is 15.0 Å². The van der Waals surface area contributed by atoms with Crippen LogP contribution in [0.4, 0.5) is 0 Å². The average Bonchev–Trinajstić information content (AvgIpc) is 3.53. The maximum atomic E-state index is 5.40. The molecule has 3 heterocycles. The highest BCUT2D eigenvalue weighted by Gasteiger charge is 2.46. The molecule has 0 amide bonds. The minimum atomic E-state index is -0.478. The molecule has 3 nitrogen and oxygen atoms in total. The van der Waals surface area contributed by atoms with Crippen molar-refractivity contribution in [1.82, 2.24) is 15.0 Å². The van der Waals surface area contributed by atoms with Gasteiger partial charge in [-0.2, -0.15) is 0 Å². The zero-order chi connectivity index (χ0) is 34.9. The van der Waals surface area contributed by atoms with E-state index in [-0.39, 0.29) is 0 Å². The lowest BCUT2D eigenvalue weighted by Crippen LogP contribution is -2.28. The molecule has 3 heteroatoms. The molecule has 0 N–H and O–H groups in total. The van der Waals surface area contributed by atoms with Gasteiger partial charge in [0.1, 0.15) is 0 Å². The van der Waals surface area contributed by atoms with Crippen LogP contribution >= 0.6 is 0 Å². The van der Waals surface area contributed by atoms with E-state index in [9.17, 15) is 0 Å². The summed E-state index contributed by atoms with van der Waals surface area (Å²) in [6.07, 6.45) is 1.84. The van der Waals surface area contributed by atoms with Gasteiger partial charge in [-0.05, 0) is 75.2 Å². The molecular weight excluding hydrogens is 643 g/mol. The second-order valence-electron chi connectivity index (χ2n) is 13.9. The topological polar surface area (TPSA) is 38.7 Å². The second-order valence-corrected chi connectivity index (χ2v) is 13.9. The summed E-state index contributed by atoms with van der Waals surface area (Å²) in [6, 6.07) is 65.6. The first-order valence-electron chi connectivity index (χ1n) is 18.1. The van der Waals surface area contributed by atoms with E-state index in [1.165, 1.54) is 38.8 Å². The van der Waals surface area contributed by atoms with Gasteiger partial charge in [-0.3, -0.25) is 4.98 Å². The van der Waals surface area contributed by atoms with Crippen LogP contribution in [0.2, 0.25) is 0 Å². The van der Waals surface area contributed by atoms with Crippen molar-refractivity contribution in [2.24, 2.45) is 0 Å². The summed E-state index contributed by atoms with van der Waals surface area (Å²) in [7, 11) is 0. The smallest absolute Gasteiger partial charge is 0.0972 e. The monoisotopic (exact) mass is 673 g/mol. The van der Waals surface area contributed by atoms with Gasteiger partial charge in [0.25, 0.3) is 0 Å². The third-order valence-corrected chi connectivity index (χ3v) is 11.1. The van der Waals surface area contributed by atoms with Crippen molar-refractivity contribution >= 4 is 43.5 Å². The molecule has 11 rings (SSSR count). The summed E-state index contributed by atoms with van der Waals surface area (Å²) in [5, 5.41) is 5.64. The van der Waals surface area contributed by atoms with Crippen LogP contribution in [0.3, 0.4) is 0 Å². The molecule has 0 radical (unpaired) electrons. The van der Waals surface area contributed by atoms with E-state index in [2.05, 4.69) is 176 Å². The molecule has 0 atom stereocenters. The second kappa shape index (κ2) is 11.5. The Morgan fingerprint density at radius 3 is 1.92 bits per heavy atom. The Labute approximate surface area is 306 Å². The molecule has 0 fully saturated rings. The van der Waals surface area contributed by atoms with Crippen molar-refractivity contribution in [3.8, 4) is 33.6 Å². The summed E-state index contributed by atoms with van der Waals surface area (Å²) in [4.78, 5) is 15.3. The Bertz CT molecular complexity index is 3020. The van der Waals surface area contributed by atoms with Gasteiger partial charge in [0.05, 0.1) is 33.4 Å². The van der Waals surface area contributed by atoms with Gasteiger partial charge >= 0.3 is 0 Å². The zero-order valence-corrected chi connectivity index (χ0v) is 28.7. The van der Waals surface area contributed by atoms with E-state index in [1.807, 2.05) is 12.3 Å². The van der Waals surface area contributed by atoms with E-state index >= 15 is 0 Å². The number of hydrogen-bond acceptors (Lipinski definition) is 3. The van der Waals surface area contributed by atoms with Gasteiger partial charge in [0, 0.05) is 38.9 Å². The molecule has 0 saturated heterocycles. The molecule has 0 spiro atoms. The maximum absolute atomic E-state index is 5.40. The minimum Gasteiger partial charge on any atom is -0.254 e. The van der Waals surface area contributed by atoms with E-state index in [4.69, 9.17) is 15.0 Å². The molecule has 7 aromatic carbocycles. The lowest BCUT2D eigenvalue weighted by atomic mass is 9.67. The first-order valence-corrected chi connectivity index (χ1v) is 18.1. The van der Waals surface area contributed by atoms with Crippen molar-refractivity contribution in [3.63, 3.8) is 0 Å². The van der Waals surface area contributed by atoms with Gasteiger partial charge in [0.2, 0.25) is 0 Å². The molecule has 3 aromatic heterocycles. The number of rotatable bonds is 4. The van der Waals surface area contributed by atoms with Gasteiger partial charge in [-0.15, -0.1) is 0 Å². The summed E-state index contributed by atoms with van der Waals surface area (Å²) in [5.74, 6) is 0. The molecule has 53 heavy (non-hydrogen) atoms. The molecular formula is C50H31N3. The minimum absolute atomic E-state index is 0.478. The van der Waals surface area contributed by atoms with Crippen LogP contribution in [0.15, 0.2) is 188 Å². The van der Waals surface area contributed by atoms with Crippen molar-refractivity contribution in [1.29, 1.82) is 0 Å². The fourth-order valence-corrected chi connectivity index (χ4v) is 8.82. The molecule has 246 valence electrons. The standard InChI is InChI=1S/C50H31N3/c1-3-16-36(17-4-1)50(37-18-5-2-6-19-37)43-22-9-7-20-38(43)41-30-42-40(31-44(41)50)39-21-8-10-23-46(39)53-47(42)35-14-11-13-34(29-35)45-27-26-33-25-24-32-15-12-28-51-48(32)49(33)52-45/h1-31H. The predicted octanol–water partition coefficient (Wildman–Crippen LogP) is 12.2. The number of nitrogens with zero attached hydrogens (tertiary/aromatic N) is 3. The van der Waals surface area contributed by atoms with Gasteiger partial charge in [0.15, 0.2) is 0 Å². The first kappa shape index (κ1) is 29.7. The number of hydrogen-bond donors (Lipinski definition) is 0. The van der Waals surface area contributed by atoms with E-state index in [0.717, 1.165) is 60.6 Å². The number of fused-ring (bicyclic) bond motifs is 9. The molecule has 10 aromatic rings.